The van der Waals surface area contributed by atoms with Crippen LogP contribution in [0.4, 0.5) is 10.0 Å². The van der Waals surface area contributed by atoms with Gasteiger partial charge in [0.15, 0.2) is 0 Å². The van der Waals surface area contributed by atoms with E-state index >= 15 is 0 Å². The molecule has 136 valence electrons. The van der Waals surface area contributed by atoms with Gasteiger partial charge in [-0.2, -0.15) is 0 Å². The van der Waals surface area contributed by atoms with Gasteiger partial charge >= 0.3 is 0 Å². The zero-order valence-corrected chi connectivity index (χ0v) is 16.7. The minimum atomic E-state index is 1.22. The molecule has 0 saturated heterocycles. The zero-order chi connectivity index (χ0) is 18.8. The average molecular weight is 399 g/mol. The van der Waals surface area contributed by atoms with Gasteiger partial charge in [0.05, 0.1) is 10.0 Å². The summed E-state index contributed by atoms with van der Waals surface area (Å²) in [7, 11) is 0. The van der Waals surface area contributed by atoms with Gasteiger partial charge in [0.2, 0.25) is 0 Å². The van der Waals surface area contributed by atoms with Gasteiger partial charge in [-0.25, -0.2) is 0 Å². The summed E-state index contributed by atoms with van der Waals surface area (Å²) in [6.45, 7) is 0. The van der Waals surface area contributed by atoms with Gasteiger partial charge in [-0.3, -0.25) is 0 Å². The molecule has 0 fully saturated rings. The maximum atomic E-state index is 2.19. The van der Waals surface area contributed by atoms with Crippen LogP contribution in [-0.2, 0) is 0 Å². The highest BCUT2D eigenvalue weighted by atomic mass is 32.1. The van der Waals surface area contributed by atoms with Crippen LogP contribution >= 0.6 is 22.7 Å². The first-order chi connectivity index (χ1) is 13.9. The minimum absolute atomic E-state index is 1.22. The molecule has 4 heterocycles. The number of allylic oxidation sites excluding steroid dienone is 4. The third-order valence-electron chi connectivity index (χ3n) is 4.73. The van der Waals surface area contributed by atoms with Crippen LogP contribution in [0.3, 0.4) is 0 Å². The van der Waals surface area contributed by atoms with Gasteiger partial charge in [0.1, 0.15) is 0 Å². The van der Waals surface area contributed by atoms with E-state index in [-0.39, 0.29) is 0 Å². The summed E-state index contributed by atoms with van der Waals surface area (Å²) < 4.78 is 0. The summed E-state index contributed by atoms with van der Waals surface area (Å²) in [4.78, 5) is 4.30. The first kappa shape index (κ1) is 17.0. The molecule has 0 aliphatic carbocycles. The number of hydrogen-bond donors (Lipinski definition) is 0. The second kappa shape index (κ2) is 7.50. The van der Waals surface area contributed by atoms with E-state index < -0.39 is 0 Å². The van der Waals surface area contributed by atoms with Crippen molar-refractivity contribution >= 4 is 43.8 Å². The second-order valence-electron chi connectivity index (χ2n) is 6.47. The number of rotatable bonds is 2. The fourth-order valence-electron chi connectivity index (χ4n) is 3.22. The highest BCUT2D eigenvalue weighted by Gasteiger charge is 2.06. The first-order valence-electron chi connectivity index (χ1n) is 9.08. The smallest absolute Gasteiger partial charge is 0.0989 e. The molecule has 4 heteroatoms. The summed E-state index contributed by atoms with van der Waals surface area (Å²) in [5, 5.41) is 9.11. The first-order valence-corrected chi connectivity index (χ1v) is 10.8. The number of hydrogen-bond acceptors (Lipinski definition) is 4. The molecule has 0 saturated carbocycles. The molecule has 2 nitrogen and oxygen atoms in total. The van der Waals surface area contributed by atoms with Crippen LogP contribution < -0.4 is 20.2 Å². The molecule has 2 aromatic heterocycles. The van der Waals surface area contributed by atoms with Gasteiger partial charge in [0.25, 0.3) is 0 Å². The van der Waals surface area contributed by atoms with E-state index in [2.05, 4.69) is 118 Å². The molecule has 0 radical (unpaired) electrons. The molecule has 1 aromatic carbocycles. The summed E-state index contributed by atoms with van der Waals surface area (Å²) in [5.41, 5.74) is 2.45. The van der Waals surface area contributed by atoms with Crippen molar-refractivity contribution in [1.29, 1.82) is 0 Å². The van der Waals surface area contributed by atoms with Crippen molar-refractivity contribution < 1.29 is 0 Å². The maximum Gasteiger partial charge on any atom is 0.0989 e. The lowest BCUT2D eigenvalue weighted by molar-refractivity contribution is 1.30. The van der Waals surface area contributed by atoms with Crippen molar-refractivity contribution in [2.75, 3.05) is 9.80 Å². The number of thiophene rings is 2. The fourth-order valence-corrected chi connectivity index (χ4v) is 4.61. The second-order valence-corrected chi connectivity index (χ2v) is 8.32. The van der Waals surface area contributed by atoms with Crippen LogP contribution in [0, 0.1) is 0 Å². The Hall–Kier alpha value is -3.08. The molecule has 0 spiro atoms. The van der Waals surface area contributed by atoms with Crippen LogP contribution in [0.5, 0.6) is 0 Å². The molecule has 0 N–H and O–H groups in total. The van der Waals surface area contributed by atoms with Gasteiger partial charge in [0, 0.05) is 24.8 Å². The van der Waals surface area contributed by atoms with Crippen molar-refractivity contribution in [2.24, 2.45) is 0 Å². The van der Waals surface area contributed by atoms with Crippen LogP contribution in [0.2, 0.25) is 0 Å². The quantitative estimate of drug-likeness (QED) is 0.585. The van der Waals surface area contributed by atoms with Crippen LogP contribution in [0.25, 0.3) is 11.1 Å². The van der Waals surface area contributed by atoms with Crippen molar-refractivity contribution in [3.8, 4) is 0 Å². The van der Waals surface area contributed by atoms with E-state index in [9.17, 15) is 0 Å². The van der Waals surface area contributed by atoms with E-state index in [1.54, 1.807) is 22.7 Å². The van der Waals surface area contributed by atoms with Crippen molar-refractivity contribution in [1.82, 2.24) is 0 Å². The van der Waals surface area contributed by atoms with Gasteiger partial charge in [-0.1, -0.05) is 24.3 Å². The molecule has 5 rings (SSSR count). The summed E-state index contributed by atoms with van der Waals surface area (Å²) >= 11 is 3.48. The molecule has 28 heavy (non-hydrogen) atoms. The summed E-state index contributed by atoms with van der Waals surface area (Å²) in [6.07, 6.45) is 17.2. The van der Waals surface area contributed by atoms with E-state index in [1.165, 1.54) is 31.6 Å². The Morgan fingerprint density at radius 2 is 0.893 bits per heavy atom. The lowest BCUT2D eigenvalue weighted by Crippen LogP contribution is -2.15. The molecule has 0 unspecified atom stereocenters. The molecular formula is C24H18N2S2. The number of nitrogens with zero attached hydrogens (tertiary/aromatic N) is 2. The lowest BCUT2D eigenvalue weighted by Gasteiger charge is -2.17. The standard InChI is InChI=1S/C24H18N2S2/c1-3-23(27-17-1)25-13-9-21(10-14-25)19-5-7-20(8-6-19)22-11-15-26(16-12-22)24-4-2-18-28-24/h1-18H. The SMILES string of the molecule is C1=CN(c2cccs2)C=CC1=c1ccc(=C2C=CN(c3cccs3)C=C2)cc1. The Morgan fingerprint density at radius 1 is 0.500 bits per heavy atom. The Labute approximate surface area is 172 Å². The van der Waals surface area contributed by atoms with E-state index in [0.29, 0.717) is 0 Å². The number of benzene rings is 1. The van der Waals surface area contributed by atoms with E-state index in [0.717, 1.165) is 0 Å². The average Bonchev–Trinajstić information content (AvgIpc) is 3.49. The zero-order valence-electron chi connectivity index (χ0n) is 15.1. The molecule has 0 bridgehead atoms. The van der Waals surface area contributed by atoms with Crippen molar-refractivity contribution in [3.05, 3.63) is 119 Å². The lowest BCUT2D eigenvalue weighted by atomic mass is 10.1. The Bertz CT molecular complexity index is 1060. The van der Waals surface area contributed by atoms with Crippen LogP contribution in [-0.4, -0.2) is 0 Å². The topological polar surface area (TPSA) is 6.48 Å². The summed E-state index contributed by atoms with van der Waals surface area (Å²) in [6, 6.07) is 17.2. The van der Waals surface area contributed by atoms with Gasteiger partial charge < -0.3 is 9.80 Å². The molecule has 0 amide bonds. The minimum Gasteiger partial charge on any atom is -0.315 e. The molecular weight excluding hydrogens is 380 g/mol. The summed E-state index contributed by atoms with van der Waals surface area (Å²) in [5.74, 6) is 0. The van der Waals surface area contributed by atoms with Gasteiger partial charge in [-0.05, 0) is 80.9 Å². The van der Waals surface area contributed by atoms with Crippen LogP contribution in [0.1, 0.15) is 0 Å². The Kier molecular flexibility index (Phi) is 4.57. The number of anilines is 2. The highest BCUT2D eigenvalue weighted by molar-refractivity contribution is 7.14. The normalized spacial score (nSPS) is 15.7. The largest absolute Gasteiger partial charge is 0.315 e. The van der Waals surface area contributed by atoms with E-state index in [1.807, 2.05) is 0 Å². The fraction of sp³-hybridized carbons (Fsp3) is 0. The van der Waals surface area contributed by atoms with Crippen molar-refractivity contribution in [2.45, 2.75) is 0 Å². The third kappa shape index (κ3) is 3.40. The molecule has 2 aliphatic rings. The third-order valence-corrected chi connectivity index (χ3v) is 6.49. The monoisotopic (exact) mass is 398 g/mol. The Morgan fingerprint density at radius 3 is 1.21 bits per heavy atom. The van der Waals surface area contributed by atoms with Gasteiger partial charge in [-0.15, -0.1) is 22.7 Å². The predicted octanol–water partition coefficient (Wildman–Crippen LogP) is 5.21. The van der Waals surface area contributed by atoms with Crippen molar-refractivity contribution in [3.63, 3.8) is 0 Å². The molecule has 2 aliphatic heterocycles. The molecule has 0 atom stereocenters. The highest BCUT2D eigenvalue weighted by Crippen LogP contribution is 2.25. The van der Waals surface area contributed by atoms with E-state index in [4.69, 9.17) is 0 Å². The maximum absolute atomic E-state index is 2.19. The predicted molar refractivity (Wildman–Crippen MR) is 123 cm³/mol. The Balaban J connectivity index is 1.40. The van der Waals surface area contributed by atoms with Crippen LogP contribution in [0.15, 0.2) is 108 Å². The molecule has 3 aromatic rings.